The number of ketones is 1. The van der Waals surface area contributed by atoms with Gasteiger partial charge in [-0.15, -0.1) is 0 Å². The highest BCUT2D eigenvalue weighted by Crippen LogP contribution is 2.24. The van der Waals surface area contributed by atoms with Gasteiger partial charge in [-0.05, 0) is 12.5 Å². The molecule has 0 heterocycles. The first-order valence-electron chi connectivity index (χ1n) is 6.43. The molecule has 2 atom stereocenters. The number of aryl methyl sites for hydroxylation is 1. The van der Waals surface area contributed by atoms with Crippen LogP contribution < -0.4 is 0 Å². The Morgan fingerprint density at radius 1 is 1.00 bits per heavy atom. The first-order chi connectivity index (χ1) is 9.09. The molecule has 0 saturated carbocycles. The van der Waals surface area contributed by atoms with Crippen LogP contribution in [0.25, 0.3) is 0 Å². The molecule has 0 saturated heterocycles. The molecule has 0 aliphatic carbocycles. The molecule has 0 aliphatic rings. The molecule has 0 fully saturated rings. The molecule has 2 aromatic carbocycles. The van der Waals surface area contributed by atoms with E-state index in [9.17, 15) is 9.90 Å². The van der Waals surface area contributed by atoms with Gasteiger partial charge < -0.3 is 5.11 Å². The molecule has 0 radical (unpaired) electrons. The summed E-state index contributed by atoms with van der Waals surface area (Å²) in [7, 11) is 0. The van der Waals surface area contributed by atoms with Crippen molar-refractivity contribution >= 4 is 5.78 Å². The lowest BCUT2D eigenvalue weighted by atomic mass is 9.90. The minimum atomic E-state index is -0.769. The summed E-state index contributed by atoms with van der Waals surface area (Å²) < 4.78 is 0. The number of rotatable bonds is 4. The van der Waals surface area contributed by atoms with Gasteiger partial charge in [-0.2, -0.15) is 0 Å². The van der Waals surface area contributed by atoms with Crippen LogP contribution in [0.2, 0.25) is 0 Å². The molecule has 2 nitrogen and oxygen atoms in total. The summed E-state index contributed by atoms with van der Waals surface area (Å²) in [6, 6.07) is 16.7. The lowest BCUT2D eigenvalue weighted by Crippen LogP contribution is -2.19. The maximum atomic E-state index is 12.3. The fourth-order valence-corrected chi connectivity index (χ4v) is 2.06. The Balaban J connectivity index is 2.17. The number of benzene rings is 2. The fraction of sp³-hybridized carbons (Fsp3) is 0.235. The Kier molecular flexibility index (Phi) is 4.13. The van der Waals surface area contributed by atoms with Gasteiger partial charge in [0.15, 0.2) is 5.78 Å². The monoisotopic (exact) mass is 254 g/mol. The van der Waals surface area contributed by atoms with E-state index >= 15 is 0 Å². The number of carbonyl (C=O) groups excluding carboxylic acids is 1. The summed E-state index contributed by atoms with van der Waals surface area (Å²) >= 11 is 0. The van der Waals surface area contributed by atoms with Gasteiger partial charge in [0, 0.05) is 11.5 Å². The Morgan fingerprint density at radius 3 is 2.16 bits per heavy atom. The number of carbonyl (C=O) groups is 1. The van der Waals surface area contributed by atoms with E-state index in [4.69, 9.17) is 0 Å². The van der Waals surface area contributed by atoms with Crippen LogP contribution in [0.3, 0.4) is 0 Å². The molecular weight excluding hydrogens is 236 g/mol. The van der Waals surface area contributed by atoms with Gasteiger partial charge in [-0.3, -0.25) is 4.79 Å². The smallest absolute Gasteiger partial charge is 0.168 e. The van der Waals surface area contributed by atoms with E-state index in [2.05, 4.69) is 0 Å². The molecule has 2 rings (SSSR count). The summed E-state index contributed by atoms with van der Waals surface area (Å²) in [4.78, 5) is 12.3. The Bertz CT molecular complexity index is 543. The van der Waals surface area contributed by atoms with Crippen molar-refractivity contribution in [2.45, 2.75) is 20.0 Å². The van der Waals surface area contributed by atoms with E-state index < -0.39 is 12.0 Å². The van der Waals surface area contributed by atoms with Gasteiger partial charge in [-0.1, -0.05) is 67.1 Å². The summed E-state index contributed by atoms with van der Waals surface area (Å²) in [5.74, 6) is -0.485. The second kappa shape index (κ2) is 5.81. The predicted molar refractivity (Wildman–Crippen MR) is 76.1 cm³/mol. The van der Waals surface area contributed by atoms with Crippen molar-refractivity contribution in [3.05, 3.63) is 71.3 Å². The summed E-state index contributed by atoms with van der Waals surface area (Å²) in [6.07, 6.45) is -0.769. The van der Waals surface area contributed by atoms with Gasteiger partial charge in [0.2, 0.25) is 0 Å². The van der Waals surface area contributed by atoms with Gasteiger partial charge in [-0.25, -0.2) is 0 Å². The lowest BCUT2D eigenvalue weighted by Gasteiger charge is -2.18. The number of Topliss-reactive ketones (excluding diaryl/α,β-unsaturated/α-hetero) is 1. The standard InChI is InChI=1S/C17H18O2/c1-12-8-10-15(11-9-12)17(19)13(2)16(18)14-6-4-3-5-7-14/h3-11,13,16,18H,1-2H3/t13-,16-/m1/s1. The van der Waals surface area contributed by atoms with E-state index in [1.165, 1.54) is 0 Å². The number of aliphatic hydroxyl groups is 1. The highest BCUT2D eigenvalue weighted by molar-refractivity contribution is 5.98. The van der Waals surface area contributed by atoms with E-state index in [-0.39, 0.29) is 5.78 Å². The topological polar surface area (TPSA) is 37.3 Å². The van der Waals surface area contributed by atoms with Crippen molar-refractivity contribution in [3.63, 3.8) is 0 Å². The maximum absolute atomic E-state index is 12.3. The van der Waals surface area contributed by atoms with E-state index in [1.54, 1.807) is 6.92 Å². The molecule has 98 valence electrons. The zero-order valence-corrected chi connectivity index (χ0v) is 11.2. The Hall–Kier alpha value is -1.93. The summed E-state index contributed by atoms with van der Waals surface area (Å²) in [5.41, 5.74) is 2.54. The molecule has 19 heavy (non-hydrogen) atoms. The third kappa shape index (κ3) is 3.09. The van der Waals surface area contributed by atoms with E-state index in [0.29, 0.717) is 5.56 Å². The normalized spacial score (nSPS) is 13.8. The first-order valence-corrected chi connectivity index (χ1v) is 6.43. The van der Waals surface area contributed by atoms with Crippen LogP contribution in [-0.2, 0) is 0 Å². The van der Waals surface area contributed by atoms with E-state index in [1.807, 2.05) is 61.5 Å². The molecule has 2 aromatic rings. The van der Waals surface area contributed by atoms with E-state index in [0.717, 1.165) is 11.1 Å². The molecule has 2 heteroatoms. The average molecular weight is 254 g/mol. The maximum Gasteiger partial charge on any atom is 0.168 e. The molecule has 0 bridgehead atoms. The number of hydrogen-bond donors (Lipinski definition) is 1. The largest absolute Gasteiger partial charge is 0.388 e. The lowest BCUT2D eigenvalue weighted by molar-refractivity contribution is 0.0714. The zero-order chi connectivity index (χ0) is 13.8. The zero-order valence-electron chi connectivity index (χ0n) is 11.2. The SMILES string of the molecule is Cc1ccc(C(=O)[C@H](C)[C@@H](O)c2ccccc2)cc1. The molecule has 0 unspecified atom stereocenters. The molecule has 0 spiro atoms. The molecule has 1 N–H and O–H groups in total. The van der Waals surface area contributed by atoms with Gasteiger partial charge in [0.25, 0.3) is 0 Å². The van der Waals surface area contributed by atoms with Crippen LogP contribution in [0.4, 0.5) is 0 Å². The van der Waals surface area contributed by atoms with Crippen LogP contribution in [-0.4, -0.2) is 10.9 Å². The van der Waals surface area contributed by atoms with Gasteiger partial charge in [0.1, 0.15) is 0 Å². The van der Waals surface area contributed by atoms with Crippen LogP contribution in [0.5, 0.6) is 0 Å². The van der Waals surface area contributed by atoms with Crippen molar-refractivity contribution in [1.82, 2.24) is 0 Å². The molecule has 0 amide bonds. The molecule has 0 aromatic heterocycles. The van der Waals surface area contributed by atoms with Gasteiger partial charge in [0.05, 0.1) is 6.10 Å². The third-order valence-corrected chi connectivity index (χ3v) is 3.36. The second-order valence-corrected chi connectivity index (χ2v) is 4.87. The Morgan fingerprint density at radius 2 is 1.58 bits per heavy atom. The second-order valence-electron chi connectivity index (χ2n) is 4.87. The van der Waals surface area contributed by atoms with Crippen molar-refractivity contribution in [2.24, 2.45) is 5.92 Å². The van der Waals surface area contributed by atoms with Crippen LogP contribution in [0.15, 0.2) is 54.6 Å². The minimum absolute atomic E-state index is 0.0312. The summed E-state index contributed by atoms with van der Waals surface area (Å²) in [5, 5.41) is 10.3. The quantitative estimate of drug-likeness (QED) is 0.847. The van der Waals surface area contributed by atoms with Crippen molar-refractivity contribution in [1.29, 1.82) is 0 Å². The van der Waals surface area contributed by atoms with Crippen molar-refractivity contribution in [3.8, 4) is 0 Å². The van der Waals surface area contributed by atoms with Crippen molar-refractivity contribution < 1.29 is 9.90 Å². The van der Waals surface area contributed by atoms with Gasteiger partial charge >= 0.3 is 0 Å². The highest BCUT2D eigenvalue weighted by Gasteiger charge is 2.24. The Labute approximate surface area is 113 Å². The average Bonchev–Trinajstić information content (AvgIpc) is 2.46. The van der Waals surface area contributed by atoms with Crippen LogP contribution in [0, 0.1) is 12.8 Å². The highest BCUT2D eigenvalue weighted by atomic mass is 16.3. The molecule has 0 aliphatic heterocycles. The number of hydrogen-bond acceptors (Lipinski definition) is 2. The van der Waals surface area contributed by atoms with Crippen LogP contribution >= 0.6 is 0 Å². The first kappa shape index (κ1) is 13.5. The summed E-state index contributed by atoms with van der Waals surface area (Å²) in [6.45, 7) is 3.75. The minimum Gasteiger partial charge on any atom is -0.388 e. The third-order valence-electron chi connectivity index (χ3n) is 3.36. The molecular formula is C17H18O2. The van der Waals surface area contributed by atoms with Crippen molar-refractivity contribution in [2.75, 3.05) is 0 Å². The predicted octanol–water partition coefficient (Wildman–Crippen LogP) is 3.55. The number of aliphatic hydroxyl groups excluding tert-OH is 1. The fourth-order valence-electron chi connectivity index (χ4n) is 2.06. The van der Waals surface area contributed by atoms with Crippen LogP contribution in [0.1, 0.15) is 34.5 Å².